The first-order chi connectivity index (χ1) is 8.84. The molecule has 0 fully saturated rings. The van der Waals surface area contributed by atoms with E-state index in [0.717, 1.165) is 0 Å². The Morgan fingerprint density at radius 2 is 2.00 bits per heavy atom. The molecule has 0 saturated heterocycles. The Bertz CT molecular complexity index is 601. The molecule has 0 atom stereocenters. The van der Waals surface area contributed by atoms with Crippen molar-refractivity contribution in [3.63, 3.8) is 0 Å². The fourth-order valence-corrected chi connectivity index (χ4v) is 2.09. The minimum atomic E-state index is -0.475. The van der Waals surface area contributed by atoms with E-state index in [-0.39, 0.29) is 17.1 Å². The van der Waals surface area contributed by atoms with Crippen molar-refractivity contribution in [1.29, 1.82) is 0 Å². The van der Waals surface area contributed by atoms with Gasteiger partial charge in [0.1, 0.15) is 11.6 Å². The molecular formula is C13H16ClFN4. The van der Waals surface area contributed by atoms with Gasteiger partial charge in [-0.05, 0) is 39.0 Å². The number of nitrogens with two attached hydrogens (primary N) is 1. The van der Waals surface area contributed by atoms with E-state index in [4.69, 9.17) is 17.3 Å². The monoisotopic (exact) mass is 282 g/mol. The first-order valence-corrected chi connectivity index (χ1v) is 6.32. The lowest BCUT2D eigenvalue weighted by molar-refractivity contribution is 0.386. The van der Waals surface area contributed by atoms with E-state index in [9.17, 15) is 4.39 Å². The van der Waals surface area contributed by atoms with E-state index in [2.05, 4.69) is 10.2 Å². The van der Waals surface area contributed by atoms with Gasteiger partial charge in [0.2, 0.25) is 0 Å². The van der Waals surface area contributed by atoms with Crippen molar-refractivity contribution in [1.82, 2.24) is 14.8 Å². The largest absolute Gasteiger partial charge is 0.324 e. The molecule has 1 aromatic heterocycles. The molecule has 0 bridgehead atoms. The highest BCUT2D eigenvalue weighted by Crippen LogP contribution is 2.28. The molecule has 1 heterocycles. The molecule has 6 heteroatoms. The van der Waals surface area contributed by atoms with Crippen molar-refractivity contribution in [3.05, 3.63) is 34.9 Å². The lowest BCUT2D eigenvalue weighted by Gasteiger charge is -2.24. The molecule has 0 spiro atoms. The average Bonchev–Trinajstić information content (AvgIpc) is 2.76. The fourth-order valence-electron chi connectivity index (χ4n) is 1.98. The molecule has 2 aromatic rings. The van der Waals surface area contributed by atoms with Gasteiger partial charge in [-0.3, -0.25) is 0 Å². The highest BCUT2D eigenvalue weighted by Gasteiger charge is 2.23. The van der Waals surface area contributed by atoms with Crippen molar-refractivity contribution < 1.29 is 4.39 Å². The zero-order valence-electron chi connectivity index (χ0n) is 11.1. The molecule has 2 N–H and O–H groups in total. The van der Waals surface area contributed by atoms with Crippen molar-refractivity contribution in [2.45, 2.75) is 32.9 Å². The minimum absolute atomic E-state index is 0.0876. The van der Waals surface area contributed by atoms with Gasteiger partial charge in [0.25, 0.3) is 0 Å². The van der Waals surface area contributed by atoms with E-state index in [1.54, 1.807) is 6.07 Å². The maximum atomic E-state index is 13.6. The standard InChI is InChI=1S/C13H16ClFN4/c1-13(2,3)19-11(7-16)17-18-12(19)8-4-5-9(14)10(15)6-8/h4-6H,7,16H2,1-3H3. The number of halogens is 2. The second-order valence-electron chi connectivity index (χ2n) is 5.28. The van der Waals surface area contributed by atoms with Crippen LogP contribution >= 0.6 is 11.6 Å². The number of aromatic nitrogens is 3. The summed E-state index contributed by atoms with van der Waals surface area (Å²) in [5.41, 5.74) is 6.06. The molecule has 0 unspecified atom stereocenters. The van der Waals surface area contributed by atoms with E-state index in [1.165, 1.54) is 12.1 Å². The van der Waals surface area contributed by atoms with E-state index >= 15 is 0 Å². The summed E-state index contributed by atoms with van der Waals surface area (Å²) in [6.07, 6.45) is 0. The molecule has 19 heavy (non-hydrogen) atoms. The SMILES string of the molecule is CC(C)(C)n1c(CN)nnc1-c1ccc(Cl)c(F)c1. The van der Waals surface area contributed by atoms with Gasteiger partial charge >= 0.3 is 0 Å². The maximum Gasteiger partial charge on any atom is 0.164 e. The third kappa shape index (κ3) is 2.62. The highest BCUT2D eigenvalue weighted by molar-refractivity contribution is 6.30. The van der Waals surface area contributed by atoms with Gasteiger partial charge in [-0.25, -0.2) is 4.39 Å². The summed E-state index contributed by atoms with van der Waals surface area (Å²) in [6, 6.07) is 4.59. The van der Waals surface area contributed by atoms with Crippen LogP contribution in [0.1, 0.15) is 26.6 Å². The van der Waals surface area contributed by atoms with Crippen LogP contribution in [0.4, 0.5) is 4.39 Å². The average molecular weight is 283 g/mol. The van der Waals surface area contributed by atoms with Crippen LogP contribution in [0.15, 0.2) is 18.2 Å². The molecule has 4 nitrogen and oxygen atoms in total. The normalized spacial score (nSPS) is 11.9. The van der Waals surface area contributed by atoms with Crippen molar-refractivity contribution in [3.8, 4) is 11.4 Å². The maximum absolute atomic E-state index is 13.6. The predicted octanol–water partition coefficient (Wildman–Crippen LogP) is 2.95. The Labute approximate surface area is 116 Å². The lowest BCUT2D eigenvalue weighted by Crippen LogP contribution is -2.26. The van der Waals surface area contributed by atoms with Crippen LogP contribution in [0.25, 0.3) is 11.4 Å². The van der Waals surface area contributed by atoms with Gasteiger partial charge in [-0.1, -0.05) is 11.6 Å². The van der Waals surface area contributed by atoms with Crippen molar-refractivity contribution in [2.75, 3.05) is 0 Å². The molecule has 102 valence electrons. The predicted molar refractivity (Wildman–Crippen MR) is 73.3 cm³/mol. The zero-order chi connectivity index (χ0) is 14.2. The van der Waals surface area contributed by atoms with Crippen LogP contribution in [-0.2, 0) is 12.1 Å². The second-order valence-corrected chi connectivity index (χ2v) is 5.69. The van der Waals surface area contributed by atoms with Gasteiger partial charge in [-0.15, -0.1) is 10.2 Å². The van der Waals surface area contributed by atoms with E-state index in [0.29, 0.717) is 17.2 Å². The van der Waals surface area contributed by atoms with E-state index < -0.39 is 5.82 Å². The summed E-state index contributed by atoms with van der Waals surface area (Å²) in [5.74, 6) is 0.776. The molecule has 0 amide bonds. The van der Waals surface area contributed by atoms with Crippen LogP contribution in [-0.4, -0.2) is 14.8 Å². The third-order valence-electron chi connectivity index (χ3n) is 2.76. The number of benzene rings is 1. The van der Waals surface area contributed by atoms with Crippen LogP contribution in [0, 0.1) is 5.82 Å². The zero-order valence-corrected chi connectivity index (χ0v) is 11.9. The van der Waals surface area contributed by atoms with Gasteiger partial charge in [0.15, 0.2) is 5.82 Å². The van der Waals surface area contributed by atoms with Crippen LogP contribution in [0.2, 0.25) is 5.02 Å². The molecule has 0 saturated carbocycles. The topological polar surface area (TPSA) is 56.7 Å². The first-order valence-electron chi connectivity index (χ1n) is 5.95. The molecule has 0 aliphatic heterocycles. The first kappa shape index (κ1) is 14.0. The molecule has 2 rings (SSSR count). The number of nitrogens with zero attached hydrogens (tertiary/aromatic N) is 3. The molecule has 1 aromatic carbocycles. The summed E-state index contributed by atoms with van der Waals surface area (Å²) >= 11 is 5.69. The molecule has 0 radical (unpaired) electrons. The fraction of sp³-hybridized carbons (Fsp3) is 0.385. The van der Waals surface area contributed by atoms with Crippen LogP contribution in [0.5, 0.6) is 0 Å². The number of hydrogen-bond donors (Lipinski definition) is 1. The number of hydrogen-bond acceptors (Lipinski definition) is 3. The summed E-state index contributed by atoms with van der Waals surface area (Å²) in [5, 5.41) is 8.27. The number of rotatable bonds is 2. The van der Waals surface area contributed by atoms with Crippen molar-refractivity contribution in [2.24, 2.45) is 5.73 Å². The van der Waals surface area contributed by atoms with Crippen molar-refractivity contribution >= 4 is 11.6 Å². The summed E-state index contributed by atoms with van der Waals surface area (Å²) < 4.78 is 15.5. The van der Waals surface area contributed by atoms with Gasteiger partial charge in [0, 0.05) is 11.1 Å². The van der Waals surface area contributed by atoms with E-state index in [1.807, 2.05) is 25.3 Å². The van der Waals surface area contributed by atoms with Gasteiger partial charge in [0.05, 0.1) is 11.6 Å². The minimum Gasteiger partial charge on any atom is -0.324 e. The Kier molecular flexibility index (Phi) is 3.60. The lowest BCUT2D eigenvalue weighted by atomic mass is 10.1. The third-order valence-corrected chi connectivity index (χ3v) is 3.07. The molecular weight excluding hydrogens is 267 g/mol. The highest BCUT2D eigenvalue weighted by atomic mass is 35.5. The Morgan fingerprint density at radius 3 is 2.53 bits per heavy atom. The smallest absolute Gasteiger partial charge is 0.164 e. The Morgan fingerprint density at radius 1 is 1.32 bits per heavy atom. The van der Waals surface area contributed by atoms with Crippen LogP contribution in [0.3, 0.4) is 0 Å². The quantitative estimate of drug-likeness (QED) is 0.921. The molecule has 0 aliphatic carbocycles. The summed E-state index contributed by atoms with van der Waals surface area (Å²) in [4.78, 5) is 0. The second kappa shape index (κ2) is 4.90. The van der Waals surface area contributed by atoms with Gasteiger partial charge in [-0.2, -0.15) is 0 Å². The molecule has 0 aliphatic rings. The van der Waals surface area contributed by atoms with Gasteiger partial charge < -0.3 is 10.3 Å². The summed E-state index contributed by atoms with van der Waals surface area (Å²) in [7, 11) is 0. The van der Waals surface area contributed by atoms with Crippen LogP contribution < -0.4 is 5.73 Å². The summed E-state index contributed by atoms with van der Waals surface area (Å²) in [6.45, 7) is 6.34. The Hall–Kier alpha value is -1.46. The Balaban J connectivity index is 2.62.